The van der Waals surface area contributed by atoms with Crippen molar-refractivity contribution >= 4 is 28.2 Å². The molecule has 0 spiro atoms. The molecule has 0 atom stereocenters. The summed E-state index contributed by atoms with van der Waals surface area (Å²) in [6.07, 6.45) is 10.2. The van der Waals surface area contributed by atoms with Crippen molar-refractivity contribution in [2.75, 3.05) is 5.32 Å². The molecule has 2 aliphatic rings. The number of amides is 1. The second-order valence-corrected chi connectivity index (χ2v) is 8.02. The van der Waals surface area contributed by atoms with Gasteiger partial charge in [-0.3, -0.25) is 4.79 Å². The number of hydrogen-bond donors (Lipinski definition) is 2. The van der Waals surface area contributed by atoms with Gasteiger partial charge in [-0.1, -0.05) is 0 Å². The summed E-state index contributed by atoms with van der Waals surface area (Å²) in [7, 11) is 0. The lowest BCUT2D eigenvalue weighted by Gasteiger charge is -2.17. The van der Waals surface area contributed by atoms with Crippen LogP contribution in [-0.2, 0) is 22.4 Å². The van der Waals surface area contributed by atoms with Gasteiger partial charge in [0.05, 0.1) is 5.56 Å². The van der Waals surface area contributed by atoms with Gasteiger partial charge in [-0.15, -0.1) is 11.3 Å². The van der Waals surface area contributed by atoms with Crippen LogP contribution in [0.3, 0.4) is 0 Å². The number of carboxylic acids is 1. The van der Waals surface area contributed by atoms with Crippen LogP contribution in [0.25, 0.3) is 11.4 Å². The molecule has 2 N–H and O–H groups in total. The Balaban J connectivity index is 1.73. The van der Waals surface area contributed by atoms with Crippen LogP contribution in [0.4, 0.5) is 5.00 Å². The normalized spacial score (nSPS) is 16.7. The van der Waals surface area contributed by atoms with Crippen molar-refractivity contribution in [3.05, 3.63) is 40.0 Å². The standard InChI is InChI=1S/C20H21N3O3S/c24-18(12-6-1-2-7-13(12)20(25)26)23-19-16(17-21-10-5-11-22-17)14-8-3-4-9-15(14)27-19/h5,10-11H,1-4,6-9H2,(H,23,24)(H,25,26). The number of anilines is 1. The lowest BCUT2D eigenvalue weighted by Crippen LogP contribution is -2.21. The summed E-state index contributed by atoms with van der Waals surface area (Å²) in [6.45, 7) is 0. The molecule has 6 nitrogen and oxygen atoms in total. The van der Waals surface area contributed by atoms with E-state index < -0.39 is 5.97 Å². The minimum atomic E-state index is -0.989. The van der Waals surface area contributed by atoms with E-state index in [0.29, 0.717) is 24.2 Å². The first-order chi connectivity index (χ1) is 13.1. The lowest BCUT2D eigenvalue weighted by molar-refractivity contribution is -0.133. The number of thiophene rings is 1. The number of nitrogens with zero attached hydrogens (tertiary/aromatic N) is 2. The Morgan fingerprint density at radius 2 is 1.63 bits per heavy atom. The fraction of sp³-hybridized carbons (Fsp3) is 0.400. The minimum absolute atomic E-state index is 0.248. The topological polar surface area (TPSA) is 92.2 Å². The highest BCUT2D eigenvalue weighted by atomic mass is 32.1. The van der Waals surface area contributed by atoms with E-state index in [1.165, 1.54) is 10.4 Å². The molecule has 0 bridgehead atoms. The quantitative estimate of drug-likeness (QED) is 0.833. The van der Waals surface area contributed by atoms with Gasteiger partial charge in [-0.05, 0) is 63.0 Å². The van der Waals surface area contributed by atoms with Gasteiger partial charge in [0, 0.05) is 28.4 Å². The molecule has 0 radical (unpaired) electrons. The Bertz CT molecular complexity index is 918. The van der Waals surface area contributed by atoms with Crippen LogP contribution < -0.4 is 5.32 Å². The monoisotopic (exact) mass is 383 g/mol. The molecule has 2 heterocycles. The van der Waals surface area contributed by atoms with E-state index in [1.807, 2.05) is 0 Å². The lowest BCUT2D eigenvalue weighted by atomic mass is 9.91. The van der Waals surface area contributed by atoms with Crippen LogP contribution in [0, 0.1) is 0 Å². The van der Waals surface area contributed by atoms with Gasteiger partial charge in [-0.2, -0.15) is 0 Å². The number of carbonyl (C=O) groups excluding carboxylic acids is 1. The first kappa shape index (κ1) is 17.9. The number of hydrogen-bond acceptors (Lipinski definition) is 5. The van der Waals surface area contributed by atoms with E-state index in [9.17, 15) is 14.7 Å². The van der Waals surface area contributed by atoms with Crippen LogP contribution in [0.1, 0.15) is 49.0 Å². The van der Waals surface area contributed by atoms with Gasteiger partial charge in [0.25, 0.3) is 5.91 Å². The summed E-state index contributed by atoms with van der Waals surface area (Å²) in [5.41, 5.74) is 2.78. The number of rotatable bonds is 4. The first-order valence-corrected chi connectivity index (χ1v) is 10.2. The van der Waals surface area contributed by atoms with Crippen molar-refractivity contribution in [3.63, 3.8) is 0 Å². The van der Waals surface area contributed by atoms with E-state index in [1.54, 1.807) is 29.8 Å². The van der Waals surface area contributed by atoms with Gasteiger partial charge < -0.3 is 10.4 Å². The number of aromatic nitrogens is 2. The third kappa shape index (κ3) is 3.51. The molecular formula is C20H21N3O3S. The third-order valence-electron chi connectivity index (χ3n) is 5.19. The number of aliphatic carboxylic acids is 1. The summed E-state index contributed by atoms with van der Waals surface area (Å²) in [4.78, 5) is 34.5. The van der Waals surface area contributed by atoms with E-state index in [2.05, 4.69) is 15.3 Å². The largest absolute Gasteiger partial charge is 0.478 e. The molecular weight excluding hydrogens is 362 g/mol. The number of carboxylic acid groups (broad SMARTS) is 1. The van der Waals surface area contributed by atoms with Crippen molar-refractivity contribution in [1.82, 2.24) is 9.97 Å². The van der Waals surface area contributed by atoms with Crippen molar-refractivity contribution in [3.8, 4) is 11.4 Å². The molecule has 2 aliphatic carbocycles. The fourth-order valence-corrected chi connectivity index (χ4v) is 5.17. The first-order valence-electron chi connectivity index (χ1n) is 9.33. The smallest absolute Gasteiger partial charge is 0.332 e. The maximum Gasteiger partial charge on any atom is 0.332 e. The fourth-order valence-electron chi connectivity index (χ4n) is 3.89. The Kier molecular flexibility index (Phi) is 5.03. The average molecular weight is 383 g/mol. The summed E-state index contributed by atoms with van der Waals surface area (Å²) in [5, 5.41) is 13.2. The molecule has 0 saturated heterocycles. The van der Waals surface area contributed by atoms with Crippen molar-refractivity contribution in [1.29, 1.82) is 0 Å². The van der Waals surface area contributed by atoms with Gasteiger partial charge in [0.2, 0.25) is 0 Å². The Hall–Kier alpha value is -2.54. The molecule has 0 saturated carbocycles. The second kappa shape index (κ2) is 7.60. The molecule has 27 heavy (non-hydrogen) atoms. The predicted molar refractivity (Wildman–Crippen MR) is 104 cm³/mol. The average Bonchev–Trinajstić information content (AvgIpc) is 3.06. The molecule has 0 aromatic carbocycles. The van der Waals surface area contributed by atoms with Gasteiger partial charge >= 0.3 is 5.97 Å². The van der Waals surface area contributed by atoms with Crippen LogP contribution in [0.2, 0.25) is 0 Å². The molecule has 1 amide bonds. The third-order valence-corrected chi connectivity index (χ3v) is 6.40. The molecule has 4 rings (SSSR count). The van der Waals surface area contributed by atoms with Crippen molar-refractivity contribution in [2.45, 2.75) is 51.4 Å². The molecule has 0 fully saturated rings. The minimum Gasteiger partial charge on any atom is -0.478 e. The second-order valence-electron chi connectivity index (χ2n) is 6.91. The molecule has 0 unspecified atom stereocenters. The SMILES string of the molecule is O=C(O)C1=C(C(=O)Nc2sc3c(c2-c2ncccn2)CCCC3)CCCC1. The number of nitrogens with one attached hydrogen (secondary N) is 1. The van der Waals surface area contributed by atoms with E-state index in [0.717, 1.165) is 49.1 Å². The van der Waals surface area contributed by atoms with E-state index in [-0.39, 0.29) is 11.5 Å². The van der Waals surface area contributed by atoms with Crippen LogP contribution in [0.5, 0.6) is 0 Å². The summed E-state index contributed by atoms with van der Waals surface area (Å²) in [6, 6.07) is 1.77. The Morgan fingerprint density at radius 1 is 0.963 bits per heavy atom. The van der Waals surface area contributed by atoms with Crippen molar-refractivity contribution < 1.29 is 14.7 Å². The predicted octanol–water partition coefficient (Wildman–Crippen LogP) is 3.98. The summed E-state index contributed by atoms with van der Waals surface area (Å²) in [5.74, 6) is -0.678. The molecule has 140 valence electrons. The van der Waals surface area contributed by atoms with Gasteiger partial charge in [-0.25, -0.2) is 14.8 Å². The zero-order chi connectivity index (χ0) is 18.8. The van der Waals surface area contributed by atoms with Gasteiger partial charge in [0.15, 0.2) is 5.82 Å². The molecule has 0 aliphatic heterocycles. The summed E-state index contributed by atoms with van der Waals surface area (Å²) >= 11 is 1.58. The van der Waals surface area contributed by atoms with Crippen LogP contribution in [-0.4, -0.2) is 27.0 Å². The number of aryl methyl sites for hydroxylation is 1. The zero-order valence-corrected chi connectivity index (χ0v) is 15.8. The highest BCUT2D eigenvalue weighted by Crippen LogP contribution is 2.43. The maximum absolute atomic E-state index is 12.9. The molecule has 7 heteroatoms. The van der Waals surface area contributed by atoms with Gasteiger partial charge in [0.1, 0.15) is 5.00 Å². The van der Waals surface area contributed by atoms with Crippen LogP contribution >= 0.6 is 11.3 Å². The maximum atomic E-state index is 12.9. The van der Waals surface area contributed by atoms with Crippen molar-refractivity contribution in [2.24, 2.45) is 0 Å². The molecule has 2 aromatic heterocycles. The Morgan fingerprint density at radius 3 is 2.37 bits per heavy atom. The number of fused-ring (bicyclic) bond motifs is 1. The van der Waals surface area contributed by atoms with Crippen LogP contribution in [0.15, 0.2) is 29.6 Å². The molecule has 2 aromatic rings. The Labute approximate surface area is 161 Å². The van der Waals surface area contributed by atoms with E-state index >= 15 is 0 Å². The summed E-state index contributed by atoms with van der Waals surface area (Å²) < 4.78 is 0. The van der Waals surface area contributed by atoms with E-state index in [4.69, 9.17) is 0 Å². The highest BCUT2D eigenvalue weighted by Gasteiger charge is 2.27. The number of carbonyl (C=O) groups is 2. The zero-order valence-electron chi connectivity index (χ0n) is 15.0. The highest BCUT2D eigenvalue weighted by molar-refractivity contribution is 7.17.